The minimum absolute atomic E-state index is 0.0201. The minimum Gasteiger partial charge on any atom is -0.354 e. The Labute approximate surface area is 243 Å². The van der Waals surface area contributed by atoms with Crippen LogP contribution in [0.5, 0.6) is 0 Å². The lowest BCUT2D eigenvalue weighted by molar-refractivity contribution is -0.129. The van der Waals surface area contributed by atoms with E-state index in [0.717, 1.165) is 75.4 Å². The summed E-state index contributed by atoms with van der Waals surface area (Å²) in [5, 5.41) is 13.0. The molecule has 3 aromatic rings. The number of piperazine rings is 1. The van der Waals surface area contributed by atoms with Crippen LogP contribution in [0.2, 0.25) is 5.02 Å². The van der Waals surface area contributed by atoms with Crippen LogP contribution in [0.3, 0.4) is 0 Å². The fourth-order valence-electron chi connectivity index (χ4n) is 4.72. The molecule has 0 spiro atoms. The fourth-order valence-corrected chi connectivity index (χ4v) is 5.77. The highest BCUT2D eigenvalue weighted by Crippen LogP contribution is 2.27. The van der Waals surface area contributed by atoms with E-state index in [2.05, 4.69) is 30.1 Å². The zero-order chi connectivity index (χ0) is 28.5. The number of nitrogens with one attached hydrogen (secondary N) is 2. The van der Waals surface area contributed by atoms with Crippen LogP contribution < -0.4 is 15.7 Å². The molecule has 3 heterocycles. The third-order valence-corrected chi connectivity index (χ3v) is 8.29. The highest BCUT2D eigenvalue weighted by atomic mass is 35.5. The van der Waals surface area contributed by atoms with Crippen LogP contribution >= 0.6 is 22.9 Å². The lowest BCUT2D eigenvalue weighted by Gasteiger charge is -2.35. The Morgan fingerprint density at radius 1 is 1.07 bits per heavy atom. The summed E-state index contributed by atoms with van der Waals surface area (Å²) in [7, 11) is 0. The molecular formula is C28H36ClN7O3S. The Balaban J connectivity index is 1.27. The number of benzene rings is 1. The highest BCUT2D eigenvalue weighted by Gasteiger charge is 2.20. The number of ketones is 1. The molecule has 12 heteroatoms. The van der Waals surface area contributed by atoms with E-state index in [-0.39, 0.29) is 18.1 Å². The number of hydrogen-bond acceptors (Lipinski definition) is 10. The summed E-state index contributed by atoms with van der Waals surface area (Å²) in [6.45, 7) is 8.54. The van der Waals surface area contributed by atoms with Gasteiger partial charge in [-0.05, 0) is 50.4 Å². The van der Waals surface area contributed by atoms with E-state index >= 15 is 0 Å². The average Bonchev–Trinajstić information content (AvgIpc) is 3.41. The van der Waals surface area contributed by atoms with Crippen molar-refractivity contribution >= 4 is 51.4 Å². The topological polar surface area (TPSA) is 124 Å². The molecule has 1 aliphatic heterocycles. The summed E-state index contributed by atoms with van der Waals surface area (Å²) < 4.78 is 0. The van der Waals surface area contributed by atoms with Gasteiger partial charge in [0.1, 0.15) is 17.5 Å². The molecule has 2 aromatic heterocycles. The van der Waals surface area contributed by atoms with Crippen LogP contribution in [-0.4, -0.2) is 69.5 Å². The number of amides is 1. The number of anilines is 3. The number of rotatable bonds is 13. The van der Waals surface area contributed by atoms with Crippen LogP contribution in [0.1, 0.15) is 58.7 Å². The van der Waals surface area contributed by atoms with Crippen LogP contribution in [0.15, 0.2) is 30.5 Å². The van der Waals surface area contributed by atoms with Crippen molar-refractivity contribution in [1.29, 1.82) is 0 Å². The van der Waals surface area contributed by atoms with E-state index in [0.29, 0.717) is 33.1 Å². The predicted octanol–water partition coefficient (Wildman–Crippen LogP) is 4.95. The highest BCUT2D eigenvalue weighted by molar-refractivity contribution is 7.17. The number of hydroxylamine groups is 1. The van der Waals surface area contributed by atoms with Gasteiger partial charge in [0.05, 0.1) is 11.1 Å². The first-order valence-electron chi connectivity index (χ1n) is 13.6. The molecule has 214 valence electrons. The van der Waals surface area contributed by atoms with Crippen molar-refractivity contribution in [2.24, 2.45) is 0 Å². The van der Waals surface area contributed by atoms with E-state index in [9.17, 15) is 9.59 Å². The van der Waals surface area contributed by atoms with Gasteiger partial charge in [0.2, 0.25) is 5.91 Å². The van der Waals surface area contributed by atoms with Crippen molar-refractivity contribution in [3.8, 4) is 0 Å². The first kappa shape index (κ1) is 29.9. The molecule has 1 saturated heterocycles. The van der Waals surface area contributed by atoms with Gasteiger partial charge in [0.25, 0.3) is 0 Å². The molecule has 40 heavy (non-hydrogen) atoms. The van der Waals surface area contributed by atoms with Gasteiger partial charge >= 0.3 is 0 Å². The van der Waals surface area contributed by atoms with Crippen LogP contribution in [0.25, 0.3) is 0 Å². The number of halogens is 1. The lowest BCUT2D eigenvalue weighted by Crippen LogP contribution is -2.47. The van der Waals surface area contributed by atoms with Crippen LogP contribution in [0, 0.1) is 13.8 Å². The maximum atomic E-state index is 12.9. The standard InChI is InChI=1S/C28H36ClN7O3S/c1-19-8-7-9-22(29)21(19)16-23(37)24-18-30-28(40-24)33-25-17-26(32-20(2)31-25)36-14-12-35(13-15-36)11-6-4-3-5-10-27(38)34-39/h7-9,17-18,39H,3-6,10-16H2,1-2H3,(H,34,38)(H,30,31,32,33). The van der Waals surface area contributed by atoms with E-state index in [4.69, 9.17) is 16.8 Å². The molecule has 3 N–H and O–H groups in total. The van der Waals surface area contributed by atoms with Crippen molar-refractivity contribution < 1.29 is 14.8 Å². The first-order chi connectivity index (χ1) is 19.3. The number of carbonyl (C=O) groups excluding carboxylic acids is 2. The number of unbranched alkanes of at least 4 members (excludes halogenated alkanes) is 3. The van der Waals surface area contributed by atoms with Gasteiger partial charge in [-0.25, -0.2) is 20.4 Å². The Morgan fingerprint density at radius 2 is 1.85 bits per heavy atom. The van der Waals surface area contributed by atoms with E-state index in [1.807, 2.05) is 32.0 Å². The fraction of sp³-hybridized carbons (Fsp3) is 0.464. The molecule has 0 aliphatic carbocycles. The number of carbonyl (C=O) groups is 2. The Bertz CT molecular complexity index is 1290. The summed E-state index contributed by atoms with van der Waals surface area (Å²) in [5.41, 5.74) is 3.52. The Morgan fingerprint density at radius 3 is 2.60 bits per heavy atom. The molecular weight excluding hydrogens is 550 g/mol. The summed E-state index contributed by atoms with van der Waals surface area (Å²) in [6, 6.07) is 7.57. The van der Waals surface area contributed by atoms with Crippen molar-refractivity contribution in [1.82, 2.24) is 25.3 Å². The molecule has 1 aliphatic rings. The predicted molar refractivity (Wildman–Crippen MR) is 158 cm³/mol. The van der Waals surface area contributed by atoms with Crippen molar-refractivity contribution in [2.75, 3.05) is 42.9 Å². The first-order valence-corrected chi connectivity index (χ1v) is 14.8. The average molecular weight is 586 g/mol. The second-order valence-electron chi connectivity index (χ2n) is 9.98. The van der Waals surface area contributed by atoms with E-state index < -0.39 is 0 Å². The smallest absolute Gasteiger partial charge is 0.243 e. The van der Waals surface area contributed by atoms with E-state index in [1.165, 1.54) is 11.3 Å². The van der Waals surface area contributed by atoms with Gasteiger partial charge in [0.15, 0.2) is 10.9 Å². The number of Topliss-reactive ketones (excluding diaryl/α,β-unsaturated/α-hetero) is 1. The van der Waals surface area contributed by atoms with Gasteiger partial charge in [-0.3, -0.25) is 19.7 Å². The van der Waals surface area contributed by atoms with E-state index in [1.54, 1.807) is 17.7 Å². The van der Waals surface area contributed by atoms with Crippen molar-refractivity contribution in [2.45, 2.75) is 52.4 Å². The third-order valence-electron chi connectivity index (χ3n) is 6.98. The Hall–Kier alpha value is -3.12. The maximum absolute atomic E-state index is 12.9. The molecule has 0 atom stereocenters. The number of aryl methyl sites for hydroxylation is 2. The van der Waals surface area contributed by atoms with Gasteiger partial charge in [-0.1, -0.05) is 47.9 Å². The zero-order valence-corrected chi connectivity index (χ0v) is 24.5. The van der Waals surface area contributed by atoms with Gasteiger partial charge in [-0.15, -0.1) is 0 Å². The number of thiazole rings is 1. The summed E-state index contributed by atoms with van der Waals surface area (Å²) >= 11 is 7.61. The molecule has 4 rings (SSSR count). The van der Waals surface area contributed by atoms with Gasteiger partial charge < -0.3 is 10.2 Å². The minimum atomic E-state index is -0.319. The lowest BCUT2D eigenvalue weighted by atomic mass is 10.0. The molecule has 1 fully saturated rings. The molecule has 0 unspecified atom stereocenters. The molecule has 0 radical (unpaired) electrons. The third kappa shape index (κ3) is 8.44. The molecule has 0 saturated carbocycles. The van der Waals surface area contributed by atoms with Crippen LogP contribution in [-0.2, 0) is 11.2 Å². The zero-order valence-electron chi connectivity index (χ0n) is 23.0. The molecule has 1 aromatic carbocycles. The molecule has 1 amide bonds. The second-order valence-corrected chi connectivity index (χ2v) is 11.4. The molecule has 0 bridgehead atoms. The summed E-state index contributed by atoms with van der Waals surface area (Å²) in [4.78, 5) is 42.9. The van der Waals surface area contributed by atoms with Crippen molar-refractivity contribution in [3.05, 3.63) is 57.3 Å². The molecule has 10 nitrogen and oxygen atoms in total. The van der Waals surface area contributed by atoms with Crippen LogP contribution in [0.4, 0.5) is 16.8 Å². The second kappa shape index (κ2) is 14.5. The number of nitrogens with zero attached hydrogens (tertiary/aromatic N) is 5. The number of aromatic nitrogens is 3. The monoisotopic (exact) mass is 585 g/mol. The van der Waals surface area contributed by atoms with Crippen molar-refractivity contribution in [3.63, 3.8) is 0 Å². The SMILES string of the molecule is Cc1nc(Nc2ncc(C(=O)Cc3c(C)cccc3Cl)s2)cc(N2CCN(CCCCCCC(=O)NO)CC2)n1. The largest absolute Gasteiger partial charge is 0.354 e. The Kier molecular flexibility index (Phi) is 10.8. The van der Waals surface area contributed by atoms with Gasteiger partial charge in [-0.2, -0.15) is 0 Å². The maximum Gasteiger partial charge on any atom is 0.243 e. The number of hydrogen-bond donors (Lipinski definition) is 3. The van der Waals surface area contributed by atoms with Gasteiger partial charge in [0, 0.05) is 50.1 Å². The summed E-state index contributed by atoms with van der Waals surface area (Å²) in [5.74, 6) is 1.85. The normalized spacial score (nSPS) is 13.8. The summed E-state index contributed by atoms with van der Waals surface area (Å²) in [6.07, 6.45) is 6.15. The quantitative estimate of drug-likeness (QED) is 0.111.